The minimum Gasteiger partial charge on any atom is -0.445 e. The number of amides is 8. The lowest BCUT2D eigenvalue weighted by atomic mass is 9.90. The lowest BCUT2D eigenvalue weighted by molar-refractivity contribution is -0.205. The van der Waals surface area contributed by atoms with Gasteiger partial charge >= 0.3 is 18.1 Å². The summed E-state index contributed by atoms with van der Waals surface area (Å²) < 4.78 is 17.3. The fourth-order valence-corrected chi connectivity index (χ4v) is 6.33. The molecule has 0 spiro atoms. The number of anilines is 1. The van der Waals surface area contributed by atoms with Crippen molar-refractivity contribution in [3.05, 3.63) is 41.7 Å². The molecular weight excluding hydrogens is 901 g/mol. The third kappa shape index (κ3) is 23.2. The number of primary amides is 1. The van der Waals surface area contributed by atoms with Crippen LogP contribution in [0.2, 0.25) is 0 Å². The van der Waals surface area contributed by atoms with Crippen molar-refractivity contribution in [1.29, 1.82) is 0 Å². The molecule has 1 fully saturated rings. The van der Waals surface area contributed by atoms with Gasteiger partial charge in [0.15, 0.2) is 0 Å². The lowest BCUT2D eigenvalue weighted by Crippen LogP contribution is -2.48. The molecule has 69 heavy (non-hydrogen) atoms. The van der Waals surface area contributed by atoms with Crippen LogP contribution < -0.4 is 43.9 Å². The summed E-state index contributed by atoms with van der Waals surface area (Å²) in [6.07, 6.45) is 2.08. The molecule has 12 N–H and O–H groups in total. The highest BCUT2D eigenvalue weighted by Gasteiger charge is 2.38. The summed E-state index contributed by atoms with van der Waals surface area (Å²) in [6, 6.07) is 4.71. The first-order chi connectivity index (χ1) is 32.0. The van der Waals surface area contributed by atoms with Crippen molar-refractivity contribution in [2.75, 3.05) is 38.2 Å². The predicted molar refractivity (Wildman–Crippen MR) is 253 cm³/mol. The first-order valence-corrected chi connectivity index (χ1v) is 22.9. The van der Waals surface area contributed by atoms with E-state index in [9.17, 15) is 43.5 Å². The van der Waals surface area contributed by atoms with E-state index in [-0.39, 0.29) is 58.4 Å². The van der Waals surface area contributed by atoms with Gasteiger partial charge in [-0.1, -0.05) is 12.1 Å². The Bertz CT molecular complexity index is 1940. The number of rotatable bonds is 30. The molecule has 388 valence electrons. The van der Waals surface area contributed by atoms with Gasteiger partial charge in [0.2, 0.25) is 17.7 Å². The number of aliphatic hydroxyl groups excluding tert-OH is 1. The molecule has 0 aliphatic carbocycles. The second kappa shape index (κ2) is 27.2. The van der Waals surface area contributed by atoms with E-state index in [1.54, 1.807) is 44.3 Å². The maximum Gasteiger partial charge on any atom is 0.407 e. The summed E-state index contributed by atoms with van der Waals surface area (Å²) in [5, 5.41) is 24.1. The van der Waals surface area contributed by atoms with E-state index < -0.39 is 88.5 Å². The third-order valence-corrected chi connectivity index (χ3v) is 10.9. The van der Waals surface area contributed by atoms with Gasteiger partial charge in [0.25, 0.3) is 11.8 Å². The minimum atomic E-state index is -1.04. The number of ether oxygens (including phenoxy) is 3. The number of urea groups is 1. The van der Waals surface area contributed by atoms with Crippen LogP contribution in [0.15, 0.2) is 36.2 Å². The van der Waals surface area contributed by atoms with Crippen LogP contribution in [-0.2, 0) is 54.4 Å². The molecule has 23 nitrogen and oxygen atoms in total. The highest BCUT2D eigenvalue weighted by Crippen LogP contribution is 2.28. The van der Waals surface area contributed by atoms with Crippen LogP contribution in [0.3, 0.4) is 0 Å². The van der Waals surface area contributed by atoms with Crippen molar-refractivity contribution in [1.82, 2.24) is 31.3 Å². The van der Waals surface area contributed by atoms with Crippen molar-refractivity contribution in [3.63, 3.8) is 0 Å². The zero-order chi connectivity index (χ0) is 52.2. The van der Waals surface area contributed by atoms with Crippen LogP contribution in [0.4, 0.5) is 15.3 Å². The molecule has 23 heteroatoms. The molecule has 0 bridgehead atoms. The number of nitrogens with one attached hydrogen (secondary N) is 5. The van der Waals surface area contributed by atoms with Gasteiger partial charge in [-0.25, -0.2) is 20.2 Å². The summed E-state index contributed by atoms with van der Waals surface area (Å²) in [6.45, 7) is 16.3. The summed E-state index contributed by atoms with van der Waals surface area (Å²) in [5.74, 6) is 3.07. The fourth-order valence-electron chi connectivity index (χ4n) is 6.33. The number of hydrogen-bond acceptors (Lipinski definition) is 16. The van der Waals surface area contributed by atoms with Gasteiger partial charge in [-0.15, -0.1) is 5.06 Å². The number of aliphatic hydroxyl groups is 1. The molecule has 0 radical (unpaired) electrons. The Balaban J connectivity index is 1.81. The van der Waals surface area contributed by atoms with Gasteiger partial charge in [-0.05, 0) is 112 Å². The Morgan fingerprint density at radius 1 is 0.841 bits per heavy atom. The minimum absolute atomic E-state index is 0.00703. The number of carbonyl (C=O) groups excluding carboxylic acids is 8. The molecule has 0 saturated carbocycles. The number of hydroxylamine groups is 2. The molecule has 1 aliphatic rings. The molecule has 2 atom stereocenters. The van der Waals surface area contributed by atoms with E-state index in [1.807, 2.05) is 41.5 Å². The van der Waals surface area contributed by atoms with E-state index in [1.165, 1.54) is 11.9 Å². The molecule has 1 saturated heterocycles. The number of nitrogens with zero attached hydrogens (tertiary/aromatic N) is 2. The quantitative estimate of drug-likeness (QED) is 0.0231. The highest BCUT2D eigenvalue weighted by molar-refractivity contribution is 6.02. The van der Waals surface area contributed by atoms with Crippen LogP contribution in [0, 0.1) is 5.41 Å². The highest BCUT2D eigenvalue weighted by atomic mass is 16.7. The van der Waals surface area contributed by atoms with Gasteiger partial charge in [-0.3, -0.25) is 24.0 Å². The second-order valence-corrected chi connectivity index (χ2v) is 19.5. The summed E-state index contributed by atoms with van der Waals surface area (Å²) >= 11 is 0. The topological polar surface area (TPSA) is 338 Å². The van der Waals surface area contributed by atoms with Crippen LogP contribution in [0.1, 0.15) is 126 Å². The molecule has 0 aromatic heterocycles. The predicted octanol–water partition coefficient (Wildman–Crippen LogP) is 2.21. The maximum absolute atomic E-state index is 13.3. The zero-order valence-corrected chi connectivity index (χ0v) is 41.6. The van der Waals surface area contributed by atoms with Crippen molar-refractivity contribution < 1.29 is 62.5 Å². The maximum atomic E-state index is 13.3. The van der Waals surface area contributed by atoms with E-state index >= 15 is 0 Å². The average molecular weight is 977 g/mol. The monoisotopic (exact) mass is 977 g/mol. The van der Waals surface area contributed by atoms with Gasteiger partial charge in [0.05, 0.1) is 34.8 Å². The Kier molecular flexibility index (Phi) is 23.3. The Labute approximate surface area is 404 Å². The number of nitrogens with two attached hydrogens (primary N) is 3. The van der Waals surface area contributed by atoms with Crippen molar-refractivity contribution in [2.24, 2.45) is 22.7 Å². The van der Waals surface area contributed by atoms with E-state index in [0.717, 1.165) is 0 Å². The Morgan fingerprint density at radius 3 is 2.06 bits per heavy atom. The largest absolute Gasteiger partial charge is 0.445 e. The average Bonchev–Trinajstić information content (AvgIpc) is 3.56. The molecule has 8 amide bonds. The second-order valence-electron chi connectivity index (χ2n) is 19.5. The SMILES string of the molecule is C[C@H](O)CNC(=O)OCc1ccc(NC(=O)[C@H](CCCNC(N)=O)NC(=O)CNC(=O)CCC(C)(C)OCCC(C)(C)N(N)/C=C(\N)CC(C)(C)OCCC(C)(C)C(=O)ON2C(=O)CCC2=O)cc1. The first-order valence-electron chi connectivity index (χ1n) is 22.9. The zero-order valence-electron chi connectivity index (χ0n) is 41.6. The van der Waals surface area contributed by atoms with E-state index in [4.69, 9.17) is 36.4 Å². The van der Waals surface area contributed by atoms with Crippen molar-refractivity contribution in [2.45, 2.75) is 156 Å². The van der Waals surface area contributed by atoms with E-state index in [0.29, 0.717) is 54.3 Å². The smallest absolute Gasteiger partial charge is 0.407 e. The van der Waals surface area contributed by atoms with E-state index in [2.05, 4.69) is 26.6 Å². The number of hydrogen-bond donors (Lipinski definition) is 9. The third-order valence-electron chi connectivity index (χ3n) is 10.9. The molecule has 1 aromatic carbocycles. The number of hydrazine groups is 1. The fraction of sp³-hybridized carbons (Fsp3) is 0.652. The van der Waals surface area contributed by atoms with Crippen molar-refractivity contribution in [3.8, 4) is 0 Å². The van der Waals surface area contributed by atoms with Crippen LogP contribution >= 0.6 is 0 Å². The molecule has 1 aromatic rings. The van der Waals surface area contributed by atoms with Crippen LogP contribution in [0.25, 0.3) is 0 Å². The summed E-state index contributed by atoms with van der Waals surface area (Å²) in [7, 11) is 0. The Morgan fingerprint density at radius 2 is 1.45 bits per heavy atom. The Hall–Kier alpha value is -6.04. The molecule has 1 heterocycles. The number of carbonyl (C=O) groups is 8. The first kappa shape index (κ1) is 59.1. The number of alkyl carbamates (subject to hydrolysis) is 1. The number of benzene rings is 1. The summed E-state index contributed by atoms with van der Waals surface area (Å²) in [4.78, 5) is 103. The van der Waals surface area contributed by atoms with Crippen LogP contribution in [0.5, 0.6) is 0 Å². The molecular formula is C46H76N10O13. The number of imide groups is 1. The van der Waals surface area contributed by atoms with Gasteiger partial charge in [0, 0.05) is 69.6 Å². The summed E-state index contributed by atoms with van der Waals surface area (Å²) in [5.41, 5.74) is 9.92. The lowest BCUT2D eigenvalue weighted by Gasteiger charge is -2.36. The van der Waals surface area contributed by atoms with Gasteiger partial charge in [-0.2, -0.15) is 0 Å². The van der Waals surface area contributed by atoms with Crippen molar-refractivity contribution >= 4 is 53.3 Å². The van der Waals surface area contributed by atoms with Gasteiger partial charge < -0.3 is 67.2 Å². The molecule has 1 aliphatic heterocycles. The molecule has 0 unspecified atom stereocenters. The van der Waals surface area contributed by atoms with Crippen LogP contribution in [-0.4, -0.2) is 125 Å². The molecule has 2 rings (SSSR count). The van der Waals surface area contributed by atoms with Gasteiger partial charge in [0.1, 0.15) is 12.6 Å². The standard InChI is InChI=1S/C46H76N10O13/c1-30(57)26-52-42(65)66-29-31-12-14-33(15-13-31)53-39(62)34(11-10-22-50-41(48)64)54-36(59)27-51-35(58)18-19-45(6,7)67-24-21-44(4,5)55(49)28-32(47)25-46(8,9)68-23-20-43(2,3)40(63)69-56-37(60)16-17-38(56)61/h12-15,28,30,34,57H,10-11,16-27,29,47,49H2,1-9H3,(H,51,58)(H,52,65)(H,53,62)(H,54,59)(H3,48,50,64)/b32-28-/t30-,34-/m0/s1. The normalized spacial score (nSPS) is 14.4.